The Balaban J connectivity index is 1.81. The average Bonchev–Trinajstić information content (AvgIpc) is 2.96. The highest BCUT2D eigenvalue weighted by Crippen LogP contribution is 2.49. The SMILES string of the molecule is O=c1c2ccccc2nc2n1[C@@H]1Nc3ccccc3[C@]1(O)C2. The number of para-hydroxylation sites is 2. The van der Waals surface area contributed by atoms with Crippen molar-refractivity contribution in [2.75, 3.05) is 5.32 Å². The van der Waals surface area contributed by atoms with Crippen LogP contribution in [0.5, 0.6) is 0 Å². The van der Waals surface area contributed by atoms with Crippen LogP contribution in [0.4, 0.5) is 5.69 Å². The van der Waals surface area contributed by atoms with Gasteiger partial charge in [-0.15, -0.1) is 0 Å². The van der Waals surface area contributed by atoms with Crippen molar-refractivity contribution >= 4 is 16.6 Å². The minimum absolute atomic E-state index is 0.109. The van der Waals surface area contributed by atoms with E-state index in [0.717, 1.165) is 11.3 Å². The molecule has 108 valence electrons. The summed E-state index contributed by atoms with van der Waals surface area (Å²) in [5.41, 5.74) is 1.15. The zero-order chi connectivity index (χ0) is 14.9. The third kappa shape index (κ3) is 1.27. The van der Waals surface area contributed by atoms with Crippen LogP contribution in [0.15, 0.2) is 53.3 Å². The molecule has 0 unspecified atom stereocenters. The van der Waals surface area contributed by atoms with E-state index in [4.69, 9.17) is 0 Å². The Morgan fingerprint density at radius 2 is 1.95 bits per heavy atom. The summed E-state index contributed by atoms with van der Waals surface area (Å²) in [6.07, 6.45) is -0.161. The van der Waals surface area contributed by atoms with Crippen LogP contribution >= 0.6 is 0 Å². The van der Waals surface area contributed by atoms with Gasteiger partial charge in [0.15, 0.2) is 0 Å². The van der Waals surface area contributed by atoms with E-state index in [0.29, 0.717) is 23.1 Å². The highest BCUT2D eigenvalue weighted by Gasteiger charge is 2.53. The van der Waals surface area contributed by atoms with E-state index < -0.39 is 11.8 Å². The van der Waals surface area contributed by atoms with Crippen molar-refractivity contribution in [1.29, 1.82) is 0 Å². The van der Waals surface area contributed by atoms with Crippen LogP contribution in [-0.2, 0) is 12.0 Å². The lowest BCUT2D eigenvalue weighted by Crippen LogP contribution is -2.35. The van der Waals surface area contributed by atoms with Crippen molar-refractivity contribution in [3.05, 3.63) is 70.3 Å². The van der Waals surface area contributed by atoms with Gasteiger partial charge in [-0.25, -0.2) is 4.98 Å². The highest BCUT2D eigenvalue weighted by atomic mass is 16.3. The molecule has 3 heterocycles. The highest BCUT2D eigenvalue weighted by molar-refractivity contribution is 5.78. The molecule has 0 spiro atoms. The molecule has 3 aromatic rings. The Kier molecular flexibility index (Phi) is 2.04. The first-order valence-electron chi connectivity index (χ1n) is 7.27. The number of rotatable bonds is 0. The minimum Gasteiger partial charge on any atom is -0.380 e. The molecule has 0 fully saturated rings. The number of benzene rings is 2. The van der Waals surface area contributed by atoms with Crippen LogP contribution in [0.2, 0.25) is 0 Å². The van der Waals surface area contributed by atoms with Gasteiger partial charge in [-0.2, -0.15) is 0 Å². The molecule has 2 aliphatic rings. The maximum absolute atomic E-state index is 12.8. The van der Waals surface area contributed by atoms with Crippen LogP contribution in [0.1, 0.15) is 17.6 Å². The number of hydrogen-bond acceptors (Lipinski definition) is 4. The monoisotopic (exact) mass is 291 g/mol. The molecule has 2 atom stereocenters. The summed E-state index contributed by atoms with van der Waals surface area (Å²) in [4.78, 5) is 17.4. The first-order valence-corrected chi connectivity index (χ1v) is 7.27. The van der Waals surface area contributed by atoms with Gasteiger partial charge in [0.25, 0.3) is 5.56 Å². The second-order valence-electron chi connectivity index (χ2n) is 5.91. The summed E-state index contributed by atoms with van der Waals surface area (Å²) in [5, 5.41) is 15.0. The lowest BCUT2D eigenvalue weighted by atomic mass is 9.92. The Hall–Kier alpha value is -2.66. The minimum atomic E-state index is -1.12. The third-order valence-electron chi connectivity index (χ3n) is 4.70. The molecule has 0 saturated heterocycles. The molecule has 5 heteroatoms. The maximum Gasteiger partial charge on any atom is 0.263 e. The van der Waals surface area contributed by atoms with Crippen LogP contribution in [0.25, 0.3) is 10.9 Å². The molecule has 5 nitrogen and oxygen atoms in total. The number of aliphatic hydroxyl groups is 1. The smallest absolute Gasteiger partial charge is 0.263 e. The zero-order valence-corrected chi connectivity index (χ0v) is 11.7. The fourth-order valence-electron chi connectivity index (χ4n) is 3.69. The summed E-state index contributed by atoms with van der Waals surface area (Å²) in [5.74, 6) is 0.623. The van der Waals surface area contributed by atoms with Crippen LogP contribution in [-0.4, -0.2) is 14.7 Å². The summed E-state index contributed by atoms with van der Waals surface area (Å²) in [6, 6.07) is 14.9. The molecular weight excluding hydrogens is 278 g/mol. The zero-order valence-electron chi connectivity index (χ0n) is 11.7. The van der Waals surface area contributed by atoms with E-state index in [1.54, 1.807) is 10.6 Å². The molecule has 0 amide bonds. The Bertz CT molecular complexity index is 995. The lowest BCUT2D eigenvalue weighted by Gasteiger charge is -2.22. The predicted molar refractivity (Wildman–Crippen MR) is 82.7 cm³/mol. The summed E-state index contributed by atoms with van der Waals surface area (Å²) in [6.45, 7) is 0. The average molecular weight is 291 g/mol. The molecule has 0 radical (unpaired) electrons. The molecule has 2 aliphatic heterocycles. The quantitative estimate of drug-likeness (QED) is 0.662. The molecule has 0 aliphatic carbocycles. The summed E-state index contributed by atoms with van der Waals surface area (Å²) < 4.78 is 1.60. The van der Waals surface area contributed by atoms with Gasteiger partial charge < -0.3 is 10.4 Å². The lowest BCUT2D eigenvalue weighted by molar-refractivity contribution is 0.0226. The number of aromatic nitrogens is 2. The number of nitrogens with one attached hydrogen (secondary N) is 1. The fourth-order valence-corrected chi connectivity index (χ4v) is 3.69. The van der Waals surface area contributed by atoms with Gasteiger partial charge >= 0.3 is 0 Å². The van der Waals surface area contributed by atoms with Gasteiger partial charge in [0.2, 0.25) is 0 Å². The Morgan fingerprint density at radius 3 is 2.86 bits per heavy atom. The van der Waals surface area contributed by atoms with Gasteiger partial charge in [0.1, 0.15) is 17.6 Å². The molecule has 2 aromatic carbocycles. The Labute approximate surface area is 125 Å². The van der Waals surface area contributed by atoms with Crippen molar-refractivity contribution in [3.8, 4) is 0 Å². The number of hydrogen-bond donors (Lipinski definition) is 2. The number of nitrogens with zero attached hydrogens (tertiary/aromatic N) is 2. The molecule has 22 heavy (non-hydrogen) atoms. The van der Waals surface area contributed by atoms with E-state index in [1.165, 1.54) is 0 Å². The molecule has 0 bridgehead atoms. The van der Waals surface area contributed by atoms with E-state index in [1.807, 2.05) is 42.5 Å². The summed E-state index contributed by atoms with van der Waals surface area (Å²) >= 11 is 0. The molecule has 0 saturated carbocycles. The topological polar surface area (TPSA) is 67.2 Å². The summed E-state index contributed by atoms with van der Waals surface area (Å²) in [7, 11) is 0. The van der Waals surface area contributed by atoms with E-state index >= 15 is 0 Å². The van der Waals surface area contributed by atoms with Gasteiger partial charge in [-0.05, 0) is 18.2 Å². The number of anilines is 1. The van der Waals surface area contributed by atoms with Crippen molar-refractivity contribution in [3.63, 3.8) is 0 Å². The van der Waals surface area contributed by atoms with Gasteiger partial charge in [-0.3, -0.25) is 9.36 Å². The van der Waals surface area contributed by atoms with Gasteiger partial charge in [0, 0.05) is 17.7 Å². The standard InChI is InChI=1S/C17H13N3O2/c21-15-10-5-1-3-7-12(10)18-14-9-17(22)11-6-2-4-8-13(11)19-16(17)20(14)15/h1-8,16,19,22H,9H2/t16-,17+/m0/s1. The van der Waals surface area contributed by atoms with E-state index in [-0.39, 0.29) is 5.56 Å². The second-order valence-corrected chi connectivity index (χ2v) is 5.91. The van der Waals surface area contributed by atoms with Crippen LogP contribution in [0.3, 0.4) is 0 Å². The van der Waals surface area contributed by atoms with Crippen LogP contribution < -0.4 is 10.9 Å². The first-order chi connectivity index (χ1) is 10.7. The van der Waals surface area contributed by atoms with Crippen LogP contribution in [0, 0.1) is 0 Å². The number of fused-ring (bicyclic) bond motifs is 6. The first kappa shape index (κ1) is 11.9. The second kappa shape index (κ2) is 3.75. The normalized spacial score (nSPS) is 24.7. The molecule has 2 N–H and O–H groups in total. The van der Waals surface area contributed by atoms with E-state index in [2.05, 4.69) is 10.3 Å². The third-order valence-corrected chi connectivity index (χ3v) is 4.70. The van der Waals surface area contributed by atoms with E-state index in [9.17, 15) is 9.90 Å². The van der Waals surface area contributed by atoms with Crippen molar-refractivity contribution in [2.45, 2.75) is 18.2 Å². The van der Waals surface area contributed by atoms with Crippen molar-refractivity contribution < 1.29 is 5.11 Å². The molecule has 5 rings (SSSR count). The fraction of sp³-hybridized carbons (Fsp3) is 0.176. The molecule has 1 aromatic heterocycles. The Morgan fingerprint density at radius 1 is 1.18 bits per heavy atom. The molecular formula is C17H13N3O2. The maximum atomic E-state index is 12.8. The van der Waals surface area contributed by atoms with Crippen molar-refractivity contribution in [2.24, 2.45) is 0 Å². The van der Waals surface area contributed by atoms with Gasteiger partial charge in [-0.1, -0.05) is 30.3 Å². The van der Waals surface area contributed by atoms with Crippen molar-refractivity contribution in [1.82, 2.24) is 9.55 Å². The van der Waals surface area contributed by atoms with Gasteiger partial charge in [0.05, 0.1) is 10.9 Å². The largest absolute Gasteiger partial charge is 0.380 e. The predicted octanol–water partition coefficient (Wildman–Crippen LogP) is 1.76.